The van der Waals surface area contributed by atoms with Crippen molar-refractivity contribution in [3.05, 3.63) is 85.7 Å². The molecular weight excluding hydrogens is 489 g/mol. The summed E-state index contributed by atoms with van der Waals surface area (Å²) in [7, 11) is 0. The number of amides is 3. The van der Waals surface area contributed by atoms with Gasteiger partial charge in [0.05, 0.1) is 4.91 Å². The Bertz CT molecular complexity index is 1210. The highest BCUT2D eigenvalue weighted by Gasteiger charge is 2.36. The molecule has 4 rings (SSSR count). The minimum absolute atomic E-state index is 0.254. The van der Waals surface area contributed by atoms with Crippen LogP contribution in [0.25, 0.3) is 6.08 Å². The molecule has 1 aliphatic heterocycles. The fraction of sp³-hybridized carbons (Fsp3) is 0.0909. The molecule has 32 heavy (non-hydrogen) atoms. The summed E-state index contributed by atoms with van der Waals surface area (Å²) in [4.78, 5) is 43.6. The maximum atomic E-state index is 12.6. The number of aromatic nitrogens is 1. The van der Waals surface area contributed by atoms with Crippen molar-refractivity contribution in [2.75, 3.05) is 11.9 Å². The van der Waals surface area contributed by atoms with Gasteiger partial charge in [0, 0.05) is 27.5 Å². The third kappa shape index (κ3) is 5.58. The number of nitrogens with zero attached hydrogens (tertiary/aromatic N) is 2. The molecule has 2 aromatic carbocycles. The molecule has 1 N–H and O–H groups in total. The summed E-state index contributed by atoms with van der Waals surface area (Å²) in [5, 5.41) is 3.81. The van der Waals surface area contributed by atoms with Gasteiger partial charge in [0.25, 0.3) is 11.1 Å². The van der Waals surface area contributed by atoms with Crippen LogP contribution in [0.2, 0.25) is 10.0 Å². The van der Waals surface area contributed by atoms with Gasteiger partial charge in [-0.3, -0.25) is 19.3 Å². The number of carbonyl (C=O) groups is 3. The van der Waals surface area contributed by atoms with E-state index < -0.39 is 17.1 Å². The topological polar surface area (TPSA) is 79.4 Å². The second kappa shape index (κ2) is 9.87. The molecule has 2 heterocycles. The molecule has 0 radical (unpaired) electrons. The van der Waals surface area contributed by atoms with Crippen LogP contribution in [0.4, 0.5) is 9.93 Å². The average molecular weight is 504 g/mol. The highest BCUT2D eigenvalue weighted by molar-refractivity contribution is 8.18. The quantitative estimate of drug-likeness (QED) is 0.435. The van der Waals surface area contributed by atoms with Gasteiger partial charge in [0.15, 0.2) is 5.13 Å². The molecular formula is C22H15Cl2N3O3S2. The van der Waals surface area contributed by atoms with E-state index in [0.717, 1.165) is 32.7 Å². The standard InChI is InChI=1S/C22H15Cl2N3O3S2/c23-15-5-1-13(2-6-15)9-17-11-25-21(31-17)26-19(28)12-27-20(29)18(32-22(27)30)10-14-3-7-16(24)8-4-14/h1-8,10-11H,9,12H2,(H,25,26,28)/b18-10-. The molecule has 1 aromatic heterocycles. The lowest BCUT2D eigenvalue weighted by molar-refractivity contribution is -0.127. The predicted molar refractivity (Wildman–Crippen MR) is 129 cm³/mol. The molecule has 162 valence electrons. The summed E-state index contributed by atoms with van der Waals surface area (Å²) in [6.45, 7) is -0.380. The summed E-state index contributed by atoms with van der Waals surface area (Å²) >= 11 is 13.9. The van der Waals surface area contributed by atoms with Crippen molar-refractivity contribution < 1.29 is 14.4 Å². The van der Waals surface area contributed by atoms with Gasteiger partial charge in [0.2, 0.25) is 5.91 Å². The number of carbonyl (C=O) groups excluding carboxylic acids is 3. The zero-order valence-electron chi connectivity index (χ0n) is 16.4. The number of hydrogen-bond donors (Lipinski definition) is 1. The fourth-order valence-electron chi connectivity index (χ4n) is 2.90. The average Bonchev–Trinajstić information content (AvgIpc) is 3.30. The smallest absolute Gasteiger partial charge is 0.294 e. The number of imide groups is 1. The van der Waals surface area contributed by atoms with E-state index in [1.165, 1.54) is 11.3 Å². The molecule has 3 aromatic rings. The maximum Gasteiger partial charge on any atom is 0.294 e. The Balaban J connectivity index is 1.36. The van der Waals surface area contributed by atoms with Gasteiger partial charge in [-0.1, -0.05) is 47.5 Å². The number of hydrogen-bond acceptors (Lipinski definition) is 6. The highest BCUT2D eigenvalue weighted by Crippen LogP contribution is 2.32. The van der Waals surface area contributed by atoms with Gasteiger partial charge >= 0.3 is 0 Å². The third-order valence-electron chi connectivity index (χ3n) is 4.43. The molecule has 6 nitrogen and oxygen atoms in total. The second-order valence-corrected chi connectivity index (χ2v) is 9.78. The van der Waals surface area contributed by atoms with Crippen molar-refractivity contribution in [3.63, 3.8) is 0 Å². The van der Waals surface area contributed by atoms with Gasteiger partial charge in [-0.25, -0.2) is 4.98 Å². The molecule has 0 bridgehead atoms. The van der Waals surface area contributed by atoms with Gasteiger partial charge in [-0.15, -0.1) is 11.3 Å². The summed E-state index contributed by atoms with van der Waals surface area (Å²) in [5.74, 6) is -1.000. The Morgan fingerprint density at radius 1 is 1.03 bits per heavy atom. The molecule has 0 spiro atoms. The Kier molecular flexibility index (Phi) is 6.95. The lowest BCUT2D eigenvalue weighted by Gasteiger charge is -2.11. The van der Waals surface area contributed by atoms with Crippen LogP contribution < -0.4 is 5.32 Å². The monoisotopic (exact) mass is 503 g/mol. The number of nitrogens with one attached hydrogen (secondary N) is 1. The third-order valence-corrected chi connectivity index (χ3v) is 6.76. The van der Waals surface area contributed by atoms with Crippen LogP contribution >= 0.6 is 46.3 Å². The molecule has 3 amide bonds. The fourth-order valence-corrected chi connectivity index (χ4v) is 4.85. The molecule has 0 atom stereocenters. The van der Waals surface area contributed by atoms with E-state index in [9.17, 15) is 14.4 Å². The van der Waals surface area contributed by atoms with Crippen molar-refractivity contribution in [1.82, 2.24) is 9.88 Å². The first-order chi connectivity index (χ1) is 15.4. The van der Waals surface area contributed by atoms with Crippen molar-refractivity contribution in [1.29, 1.82) is 0 Å². The van der Waals surface area contributed by atoms with Gasteiger partial charge < -0.3 is 5.32 Å². The van der Waals surface area contributed by atoms with E-state index in [1.54, 1.807) is 36.5 Å². The number of thiazole rings is 1. The van der Waals surface area contributed by atoms with Crippen molar-refractivity contribution in [3.8, 4) is 0 Å². The zero-order chi connectivity index (χ0) is 22.7. The molecule has 1 saturated heterocycles. The zero-order valence-corrected chi connectivity index (χ0v) is 19.5. The summed E-state index contributed by atoms with van der Waals surface area (Å²) in [6.07, 6.45) is 3.94. The number of anilines is 1. The SMILES string of the molecule is O=C(CN1C(=O)S/C(=C\c2ccc(Cl)cc2)C1=O)Nc1ncc(Cc2ccc(Cl)cc2)s1. The van der Waals surface area contributed by atoms with E-state index in [2.05, 4.69) is 10.3 Å². The predicted octanol–water partition coefficient (Wildman–Crippen LogP) is 5.72. The van der Waals surface area contributed by atoms with Gasteiger partial charge in [-0.2, -0.15) is 0 Å². The number of rotatable bonds is 6. The highest BCUT2D eigenvalue weighted by atomic mass is 35.5. The van der Waals surface area contributed by atoms with Crippen molar-refractivity contribution in [2.45, 2.75) is 6.42 Å². The number of thioether (sulfide) groups is 1. The first-order valence-corrected chi connectivity index (χ1v) is 11.8. The second-order valence-electron chi connectivity index (χ2n) is 6.80. The minimum atomic E-state index is -0.507. The van der Waals surface area contributed by atoms with Gasteiger partial charge in [-0.05, 0) is 53.2 Å². The molecule has 1 aliphatic rings. The summed E-state index contributed by atoms with van der Waals surface area (Å²) in [5.41, 5.74) is 1.81. The van der Waals surface area contributed by atoms with E-state index in [4.69, 9.17) is 23.2 Å². The Morgan fingerprint density at radius 3 is 2.38 bits per heavy atom. The maximum absolute atomic E-state index is 12.6. The molecule has 0 unspecified atom stereocenters. The van der Waals surface area contributed by atoms with Crippen LogP contribution in [0.5, 0.6) is 0 Å². The first kappa shape index (κ1) is 22.5. The number of halogens is 2. The molecule has 1 fully saturated rings. The molecule has 0 aliphatic carbocycles. The van der Waals surface area contributed by atoms with Crippen LogP contribution in [0.1, 0.15) is 16.0 Å². The minimum Gasteiger partial charge on any atom is -0.300 e. The summed E-state index contributed by atoms with van der Waals surface area (Å²) in [6, 6.07) is 14.4. The Morgan fingerprint density at radius 2 is 1.69 bits per heavy atom. The van der Waals surface area contributed by atoms with Crippen LogP contribution in [-0.2, 0) is 16.0 Å². The van der Waals surface area contributed by atoms with Gasteiger partial charge in [0.1, 0.15) is 6.54 Å². The van der Waals surface area contributed by atoms with Crippen molar-refractivity contribution in [2.24, 2.45) is 0 Å². The van der Waals surface area contributed by atoms with E-state index in [1.807, 2.05) is 24.3 Å². The van der Waals surface area contributed by atoms with Crippen LogP contribution in [-0.4, -0.2) is 33.5 Å². The summed E-state index contributed by atoms with van der Waals surface area (Å²) < 4.78 is 0. The first-order valence-electron chi connectivity index (χ1n) is 9.37. The van der Waals surface area contributed by atoms with E-state index in [0.29, 0.717) is 21.6 Å². The van der Waals surface area contributed by atoms with E-state index in [-0.39, 0.29) is 11.4 Å². The van der Waals surface area contributed by atoms with Crippen LogP contribution in [0, 0.1) is 0 Å². The number of benzene rings is 2. The van der Waals surface area contributed by atoms with E-state index >= 15 is 0 Å². The van der Waals surface area contributed by atoms with Crippen LogP contribution in [0.15, 0.2) is 59.6 Å². The Labute approximate surface area is 202 Å². The van der Waals surface area contributed by atoms with Crippen molar-refractivity contribution >= 4 is 74.6 Å². The lowest BCUT2D eigenvalue weighted by Crippen LogP contribution is -2.36. The Hall–Kier alpha value is -2.65. The largest absolute Gasteiger partial charge is 0.300 e. The molecule has 0 saturated carbocycles. The normalized spacial score (nSPS) is 14.9. The van der Waals surface area contributed by atoms with Crippen LogP contribution in [0.3, 0.4) is 0 Å². The molecule has 10 heteroatoms. The lowest BCUT2D eigenvalue weighted by atomic mass is 10.1.